The molecular formula is C15H29N5. The van der Waals surface area contributed by atoms with Gasteiger partial charge in [0, 0.05) is 45.0 Å². The van der Waals surface area contributed by atoms with Gasteiger partial charge < -0.3 is 10.6 Å². The molecule has 114 valence electrons. The van der Waals surface area contributed by atoms with Crippen LogP contribution in [0.4, 0.5) is 0 Å². The lowest BCUT2D eigenvalue weighted by Crippen LogP contribution is -2.46. The van der Waals surface area contributed by atoms with Crippen molar-refractivity contribution in [1.29, 1.82) is 0 Å². The van der Waals surface area contributed by atoms with Crippen LogP contribution in [0.15, 0.2) is 12.3 Å². The number of piperazine rings is 1. The van der Waals surface area contributed by atoms with E-state index in [2.05, 4.69) is 41.0 Å². The topological polar surface area (TPSA) is 50.3 Å². The van der Waals surface area contributed by atoms with Gasteiger partial charge in [-0.05, 0) is 45.8 Å². The normalized spacial score (nSPS) is 18.0. The Morgan fingerprint density at radius 1 is 1.15 bits per heavy atom. The van der Waals surface area contributed by atoms with Gasteiger partial charge in [-0.25, -0.2) is 0 Å². The van der Waals surface area contributed by atoms with Crippen LogP contribution in [0.1, 0.15) is 38.4 Å². The number of hydrogen-bond donors (Lipinski definition) is 1. The first-order chi connectivity index (χ1) is 9.69. The molecule has 1 aromatic heterocycles. The summed E-state index contributed by atoms with van der Waals surface area (Å²) in [5.74, 6) is 0. The van der Waals surface area contributed by atoms with Crippen LogP contribution in [0.25, 0.3) is 0 Å². The molecule has 1 aliphatic heterocycles. The van der Waals surface area contributed by atoms with E-state index in [0.717, 1.165) is 32.6 Å². The molecule has 2 N–H and O–H groups in total. The van der Waals surface area contributed by atoms with Gasteiger partial charge in [0.1, 0.15) is 0 Å². The summed E-state index contributed by atoms with van der Waals surface area (Å²) in [5, 5.41) is 4.63. The minimum atomic E-state index is 0.447. The number of rotatable bonds is 7. The lowest BCUT2D eigenvalue weighted by atomic mass is 10.2. The fourth-order valence-corrected chi connectivity index (χ4v) is 2.63. The summed E-state index contributed by atoms with van der Waals surface area (Å²) < 4.78 is 2.04. The van der Waals surface area contributed by atoms with E-state index >= 15 is 0 Å². The second kappa shape index (κ2) is 7.76. The molecule has 0 spiro atoms. The molecule has 5 nitrogen and oxygen atoms in total. The van der Waals surface area contributed by atoms with Gasteiger partial charge in [-0.2, -0.15) is 5.10 Å². The van der Waals surface area contributed by atoms with Crippen molar-refractivity contribution in [3.63, 3.8) is 0 Å². The SMILES string of the molecule is CC(C)n1ccc(CN2CCN(CCCCN)CC2)n1. The molecule has 1 aliphatic rings. The third-order valence-corrected chi connectivity index (χ3v) is 3.97. The second-order valence-electron chi connectivity index (χ2n) is 5.99. The van der Waals surface area contributed by atoms with E-state index < -0.39 is 0 Å². The fourth-order valence-electron chi connectivity index (χ4n) is 2.63. The highest BCUT2D eigenvalue weighted by atomic mass is 15.3. The monoisotopic (exact) mass is 279 g/mol. The van der Waals surface area contributed by atoms with Gasteiger partial charge in [0.2, 0.25) is 0 Å². The molecular weight excluding hydrogens is 250 g/mol. The summed E-state index contributed by atoms with van der Waals surface area (Å²) in [6, 6.07) is 2.59. The molecule has 2 heterocycles. The van der Waals surface area contributed by atoms with E-state index in [9.17, 15) is 0 Å². The molecule has 1 aromatic rings. The number of hydrogen-bond acceptors (Lipinski definition) is 4. The van der Waals surface area contributed by atoms with Crippen molar-refractivity contribution in [2.75, 3.05) is 39.3 Å². The molecule has 0 unspecified atom stereocenters. The van der Waals surface area contributed by atoms with Crippen LogP contribution >= 0.6 is 0 Å². The highest BCUT2D eigenvalue weighted by molar-refractivity contribution is 4.99. The molecule has 0 amide bonds. The van der Waals surface area contributed by atoms with E-state index in [0.29, 0.717) is 6.04 Å². The maximum absolute atomic E-state index is 5.54. The van der Waals surface area contributed by atoms with Crippen molar-refractivity contribution in [3.05, 3.63) is 18.0 Å². The molecule has 0 aliphatic carbocycles. The van der Waals surface area contributed by atoms with E-state index in [4.69, 9.17) is 5.73 Å². The van der Waals surface area contributed by atoms with Crippen molar-refractivity contribution in [1.82, 2.24) is 19.6 Å². The molecule has 0 atom stereocenters. The summed E-state index contributed by atoms with van der Waals surface area (Å²) >= 11 is 0. The number of unbranched alkanes of at least 4 members (excludes halogenated alkanes) is 1. The fraction of sp³-hybridized carbons (Fsp3) is 0.800. The number of nitrogens with zero attached hydrogens (tertiary/aromatic N) is 4. The van der Waals surface area contributed by atoms with Crippen molar-refractivity contribution in [3.8, 4) is 0 Å². The average molecular weight is 279 g/mol. The third-order valence-electron chi connectivity index (χ3n) is 3.97. The van der Waals surface area contributed by atoms with E-state index in [1.165, 1.54) is 31.7 Å². The molecule has 1 saturated heterocycles. The molecule has 1 fully saturated rings. The van der Waals surface area contributed by atoms with Crippen LogP contribution in [0.2, 0.25) is 0 Å². The Labute approximate surface area is 122 Å². The van der Waals surface area contributed by atoms with Gasteiger partial charge in [0.25, 0.3) is 0 Å². The molecule has 0 radical (unpaired) electrons. The van der Waals surface area contributed by atoms with Crippen LogP contribution in [-0.2, 0) is 6.54 Å². The molecule has 5 heteroatoms. The molecule has 0 bridgehead atoms. The first-order valence-corrected chi connectivity index (χ1v) is 7.88. The second-order valence-corrected chi connectivity index (χ2v) is 5.99. The van der Waals surface area contributed by atoms with Crippen molar-refractivity contribution in [2.24, 2.45) is 5.73 Å². The van der Waals surface area contributed by atoms with E-state index in [1.54, 1.807) is 0 Å². The zero-order chi connectivity index (χ0) is 14.4. The van der Waals surface area contributed by atoms with Gasteiger partial charge >= 0.3 is 0 Å². The lowest BCUT2D eigenvalue weighted by molar-refractivity contribution is 0.124. The number of nitrogens with two attached hydrogens (primary N) is 1. The summed E-state index contributed by atoms with van der Waals surface area (Å²) in [4.78, 5) is 5.06. The van der Waals surface area contributed by atoms with Crippen molar-refractivity contribution < 1.29 is 0 Å². The highest BCUT2D eigenvalue weighted by Crippen LogP contribution is 2.09. The predicted octanol–water partition coefficient (Wildman–Crippen LogP) is 1.32. The minimum Gasteiger partial charge on any atom is -0.330 e. The van der Waals surface area contributed by atoms with Gasteiger partial charge in [-0.15, -0.1) is 0 Å². The Morgan fingerprint density at radius 3 is 2.45 bits per heavy atom. The zero-order valence-corrected chi connectivity index (χ0v) is 13.0. The first-order valence-electron chi connectivity index (χ1n) is 7.88. The molecule has 20 heavy (non-hydrogen) atoms. The highest BCUT2D eigenvalue weighted by Gasteiger charge is 2.17. The van der Waals surface area contributed by atoms with E-state index in [1.807, 2.05) is 4.68 Å². The predicted molar refractivity (Wildman–Crippen MR) is 82.6 cm³/mol. The molecule has 0 saturated carbocycles. The maximum atomic E-state index is 5.54. The first kappa shape index (κ1) is 15.5. The molecule has 2 rings (SSSR count). The Hall–Kier alpha value is -0.910. The summed E-state index contributed by atoms with van der Waals surface area (Å²) in [6.07, 6.45) is 4.46. The van der Waals surface area contributed by atoms with E-state index in [-0.39, 0.29) is 0 Å². The lowest BCUT2D eigenvalue weighted by Gasteiger charge is -2.34. The van der Waals surface area contributed by atoms with Crippen LogP contribution in [0, 0.1) is 0 Å². The van der Waals surface area contributed by atoms with Crippen molar-refractivity contribution >= 4 is 0 Å². The molecule has 0 aromatic carbocycles. The Balaban J connectivity index is 1.71. The van der Waals surface area contributed by atoms with Gasteiger partial charge in [0.15, 0.2) is 0 Å². The Bertz CT molecular complexity index is 379. The zero-order valence-electron chi connectivity index (χ0n) is 13.0. The van der Waals surface area contributed by atoms with Crippen LogP contribution in [0.5, 0.6) is 0 Å². The standard InChI is InChI=1S/C15H29N5/c1-14(2)20-8-5-15(17-20)13-19-11-9-18(10-12-19)7-4-3-6-16/h5,8,14H,3-4,6-7,9-13,16H2,1-2H3. The van der Waals surface area contributed by atoms with Crippen molar-refractivity contribution in [2.45, 2.75) is 39.3 Å². The largest absolute Gasteiger partial charge is 0.330 e. The van der Waals surface area contributed by atoms with Gasteiger partial charge in [0.05, 0.1) is 5.69 Å². The Morgan fingerprint density at radius 2 is 1.85 bits per heavy atom. The smallest absolute Gasteiger partial charge is 0.0764 e. The average Bonchev–Trinajstić information content (AvgIpc) is 2.90. The summed E-state index contributed by atoms with van der Waals surface area (Å²) in [5.41, 5.74) is 6.73. The van der Waals surface area contributed by atoms with Crippen LogP contribution in [0.3, 0.4) is 0 Å². The summed E-state index contributed by atoms with van der Waals surface area (Å²) in [6.45, 7) is 12.0. The number of aromatic nitrogens is 2. The quantitative estimate of drug-likeness (QED) is 0.765. The minimum absolute atomic E-state index is 0.447. The van der Waals surface area contributed by atoms with Gasteiger partial charge in [-0.1, -0.05) is 0 Å². The maximum Gasteiger partial charge on any atom is 0.0764 e. The Kier molecular flexibility index (Phi) is 6.01. The summed E-state index contributed by atoms with van der Waals surface area (Å²) in [7, 11) is 0. The van der Waals surface area contributed by atoms with Gasteiger partial charge in [-0.3, -0.25) is 9.58 Å². The van der Waals surface area contributed by atoms with Crippen LogP contribution in [-0.4, -0.2) is 58.8 Å². The third kappa shape index (κ3) is 4.58. The van der Waals surface area contributed by atoms with Crippen LogP contribution < -0.4 is 5.73 Å².